The normalized spacial score (nSPS) is 15.9. The first-order chi connectivity index (χ1) is 11.3. The third-order valence-electron chi connectivity index (χ3n) is 4.48. The number of hydrogen-bond donors (Lipinski definition) is 0. The lowest BCUT2D eigenvalue weighted by atomic mass is 9.98. The number of fused-ring (bicyclic) bond motifs is 1. The summed E-state index contributed by atoms with van der Waals surface area (Å²) in [5.41, 5.74) is 0.620. The lowest BCUT2D eigenvalue weighted by molar-refractivity contribution is 0.0256. The minimum atomic E-state index is -0.0508. The lowest BCUT2D eigenvalue weighted by Gasteiger charge is -2.22. The average Bonchev–Trinajstić information content (AvgIpc) is 2.60. The van der Waals surface area contributed by atoms with Crippen LogP contribution in [0.3, 0.4) is 0 Å². The molecule has 1 aromatic heterocycles. The first-order valence-electron chi connectivity index (χ1n) is 8.43. The summed E-state index contributed by atoms with van der Waals surface area (Å²) in [6.45, 7) is 1.31. The van der Waals surface area contributed by atoms with E-state index < -0.39 is 0 Å². The van der Waals surface area contributed by atoms with Crippen LogP contribution in [0.5, 0.6) is 5.75 Å². The number of rotatable bonds is 6. The molecule has 0 saturated heterocycles. The van der Waals surface area contributed by atoms with Crippen LogP contribution in [0.25, 0.3) is 10.9 Å². The predicted octanol–water partition coefficient (Wildman–Crippen LogP) is 3.14. The SMILES string of the molecule is COc1cccc2ncn(CCCOC3CCCCC3)c(=O)c12. The molecule has 23 heavy (non-hydrogen) atoms. The third-order valence-corrected chi connectivity index (χ3v) is 4.48. The van der Waals surface area contributed by atoms with Crippen LogP contribution < -0.4 is 10.3 Å². The summed E-state index contributed by atoms with van der Waals surface area (Å²) in [5, 5.41) is 0.547. The minimum Gasteiger partial charge on any atom is -0.496 e. The number of aryl methyl sites for hydroxylation is 1. The van der Waals surface area contributed by atoms with Crippen LogP contribution in [-0.4, -0.2) is 29.4 Å². The van der Waals surface area contributed by atoms with Gasteiger partial charge >= 0.3 is 0 Å². The highest BCUT2D eigenvalue weighted by atomic mass is 16.5. The second-order valence-corrected chi connectivity index (χ2v) is 6.08. The Kier molecular flexibility index (Phi) is 5.28. The first-order valence-corrected chi connectivity index (χ1v) is 8.43. The van der Waals surface area contributed by atoms with Crippen molar-refractivity contribution in [3.8, 4) is 5.75 Å². The van der Waals surface area contributed by atoms with Crippen molar-refractivity contribution in [1.29, 1.82) is 0 Å². The van der Waals surface area contributed by atoms with Crippen LogP contribution in [0.1, 0.15) is 38.5 Å². The summed E-state index contributed by atoms with van der Waals surface area (Å²) >= 11 is 0. The van der Waals surface area contributed by atoms with Gasteiger partial charge < -0.3 is 9.47 Å². The monoisotopic (exact) mass is 316 g/mol. The zero-order chi connectivity index (χ0) is 16.1. The van der Waals surface area contributed by atoms with E-state index in [4.69, 9.17) is 9.47 Å². The van der Waals surface area contributed by atoms with E-state index in [1.165, 1.54) is 32.1 Å². The van der Waals surface area contributed by atoms with Gasteiger partial charge in [-0.3, -0.25) is 9.36 Å². The molecule has 0 unspecified atom stereocenters. The topological polar surface area (TPSA) is 53.4 Å². The molecule has 2 aromatic rings. The second kappa shape index (κ2) is 7.59. The van der Waals surface area contributed by atoms with E-state index in [0.717, 1.165) is 6.42 Å². The smallest absolute Gasteiger partial charge is 0.264 e. The highest BCUT2D eigenvalue weighted by molar-refractivity contribution is 5.83. The highest BCUT2D eigenvalue weighted by Crippen LogP contribution is 2.21. The molecule has 1 saturated carbocycles. The Morgan fingerprint density at radius 3 is 2.87 bits per heavy atom. The standard InChI is InChI=1S/C18H24N2O3/c1-22-16-10-5-9-15-17(16)18(21)20(13-19-15)11-6-12-23-14-7-3-2-4-8-14/h5,9-10,13-14H,2-4,6-8,11-12H2,1H3. The van der Waals surface area contributed by atoms with Gasteiger partial charge in [-0.25, -0.2) is 4.98 Å². The Balaban J connectivity index is 1.64. The van der Waals surface area contributed by atoms with Gasteiger partial charge in [-0.05, 0) is 31.4 Å². The van der Waals surface area contributed by atoms with Gasteiger partial charge in [-0.2, -0.15) is 0 Å². The fourth-order valence-electron chi connectivity index (χ4n) is 3.22. The van der Waals surface area contributed by atoms with E-state index in [1.54, 1.807) is 24.1 Å². The Morgan fingerprint density at radius 1 is 1.26 bits per heavy atom. The van der Waals surface area contributed by atoms with Crippen molar-refractivity contribution >= 4 is 10.9 Å². The molecule has 1 aliphatic rings. The fraction of sp³-hybridized carbons (Fsp3) is 0.556. The maximum Gasteiger partial charge on any atom is 0.264 e. The van der Waals surface area contributed by atoms with Crippen molar-refractivity contribution in [2.45, 2.75) is 51.2 Å². The van der Waals surface area contributed by atoms with Gasteiger partial charge in [-0.15, -0.1) is 0 Å². The van der Waals surface area contributed by atoms with Crippen molar-refractivity contribution in [1.82, 2.24) is 9.55 Å². The number of aromatic nitrogens is 2. The second-order valence-electron chi connectivity index (χ2n) is 6.08. The molecule has 124 valence electrons. The molecule has 0 spiro atoms. The molecule has 0 bridgehead atoms. The summed E-state index contributed by atoms with van der Waals surface area (Å²) in [4.78, 5) is 17.0. The first kappa shape index (κ1) is 16.0. The fourth-order valence-corrected chi connectivity index (χ4v) is 3.22. The predicted molar refractivity (Wildman–Crippen MR) is 90.0 cm³/mol. The molecule has 3 rings (SSSR count). The van der Waals surface area contributed by atoms with E-state index in [9.17, 15) is 4.79 Å². The Hall–Kier alpha value is -1.88. The quantitative estimate of drug-likeness (QED) is 0.768. The molecule has 0 amide bonds. The van der Waals surface area contributed by atoms with Crippen LogP contribution >= 0.6 is 0 Å². The number of ether oxygens (including phenoxy) is 2. The Labute approximate surface area is 136 Å². The van der Waals surface area contributed by atoms with Gasteiger partial charge in [0.05, 0.1) is 25.1 Å². The Morgan fingerprint density at radius 2 is 2.09 bits per heavy atom. The van der Waals surface area contributed by atoms with Crippen molar-refractivity contribution in [2.24, 2.45) is 0 Å². The number of benzene rings is 1. The van der Waals surface area contributed by atoms with Gasteiger partial charge in [0.1, 0.15) is 11.1 Å². The van der Waals surface area contributed by atoms with E-state index in [-0.39, 0.29) is 5.56 Å². The molecule has 1 heterocycles. The molecule has 5 nitrogen and oxygen atoms in total. The number of methoxy groups -OCH3 is 1. The summed E-state index contributed by atoms with van der Waals surface area (Å²) in [6.07, 6.45) is 9.08. The van der Waals surface area contributed by atoms with E-state index in [0.29, 0.717) is 35.9 Å². The summed E-state index contributed by atoms with van der Waals surface area (Å²) < 4.78 is 12.9. The van der Waals surface area contributed by atoms with Crippen LogP contribution in [0.15, 0.2) is 29.3 Å². The summed E-state index contributed by atoms with van der Waals surface area (Å²) in [6, 6.07) is 5.47. The van der Waals surface area contributed by atoms with Crippen molar-refractivity contribution in [3.63, 3.8) is 0 Å². The van der Waals surface area contributed by atoms with E-state index >= 15 is 0 Å². The largest absolute Gasteiger partial charge is 0.496 e. The maximum atomic E-state index is 12.6. The van der Waals surface area contributed by atoms with Crippen molar-refractivity contribution in [2.75, 3.05) is 13.7 Å². The van der Waals surface area contributed by atoms with Gasteiger partial charge in [0.15, 0.2) is 0 Å². The van der Waals surface area contributed by atoms with Gasteiger partial charge in [0, 0.05) is 13.2 Å². The molecule has 1 aromatic carbocycles. The van der Waals surface area contributed by atoms with Gasteiger partial charge in [0.25, 0.3) is 5.56 Å². The van der Waals surface area contributed by atoms with Gasteiger partial charge in [-0.1, -0.05) is 25.3 Å². The Bertz CT molecular complexity index is 705. The molecule has 5 heteroatoms. The van der Waals surface area contributed by atoms with E-state index in [2.05, 4.69) is 4.98 Å². The molecular weight excluding hydrogens is 292 g/mol. The molecule has 1 aliphatic carbocycles. The molecule has 1 fully saturated rings. The van der Waals surface area contributed by atoms with Crippen LogP contribution in [-0.2, 0) is 11.3 Å². The van der Waals surface area contributed by atoms with Crippen LogP contribution in [0.2, 0.25) is 0 Å². The molecule has 0 radical (unpaired) electrons. The zero-order valence-electron chi connectivity index (χ0n) is 13.7. The number of hydrogen-bond acceptors (Lipinski definition) is 4. The number of nitrogens with zero attached hydrogens (tertiary/aromatic N) is 2. The maximum absolute atomic E-state index is 12.6. The molecule has 0 N–H and O–H groups in total. The van der Waals surface area contributed by atoms with Crippen molar-refractivity contribution < 1.29 is 9.47 Å². The van der Waals surface area contributed by atoms with E-state index in [1.807, 2.05) is 12.1 Å². The average molecular weight is 316 g/mol. The minimum absolute atomic E-state index is 0.0508. The summed E-state index contributed by atoms with van der Waals surface area (Å²) in [5.74, 6) is 0.577. The van der Waals surface area contributed by atoms with Crippen LogP contribution in [0.4, 0.5) is 0 Å². The van der Waals surface area contributed by atoms with Gasteiger partial charge in [0.2, 0.25) is 0 Å². The third kappa shape index (κ3) is 3.72. The van der Waals surface area contributed by atoms with Crippen LogP contribution in [0, 0.1) is 0 Å². The lowest BCUT2D eigenvalue weighted by Crippen LogP contribution is -2.23. The molecule has 0 aliphatic heterocycles. The van der Waals surface area contributed by atoms with Crippen molar-refractivity contribution in [3.05, 3.63) is 34.9 Å². The molecular formula is C18H24N2O3. The zero-order valence-corrected chi connectivity index (χ0v) is 13.7. The molecule has 0 atom stereocenters. The summed E-state index contributed by atoms with van der Waals surface area (Å²) in [7, 11) is 1.57. The highest BCUT2D eigenvalue weighted by Gasteiger charge is 2.13.